The van der Waals surface area contributed by atoms with Crippen LogP contribution in [-0.4, -0.2) is 29.6 Å². The fourth-order valence-electron chi connectivity index (χ4n) is 1.88. The lowest BCUT2D eigenvalue weighted by atomic mass is 10.1. The number of carboxylic acids is 1. The molecule has 0 aliphatic rings. The normalized spacial score (nSPS) is 11.5. The maximum Gasteiger partial charge on any atom is 0.326 e. The summed E-state index contributed by atoms with van der Waals surface area (Å²) in [6.45, 7) is 7.19. The van der Waals surface area contributed by atoms with E-state index in [4.69, 9.17) is 9.84 Å². The molecule has 2 N–H and O–H groups in total. The Balaban J connectivity index is 2.52. The monoisotopic (exact) mass is 291 g/mol. The van der Waals surface area contributed by atoms with Gasteiger partial charge in [0.05, 0.1) is 0 Å². The molecule has 5 nitrogen and oxygen atoms in total. The summed E-state index contributed by atoms with van der Waals surface area (Å²) in [5.41, 5.74) is 2.05. The Bertz CT molecular complexity index is 525. The van der Waals surface area contributed by atoms with E-state index in [0.29, 0.717) is 18.6 Å². The highest BCUT2D eigenvalue weighted by atomic mass is 16.5. The van der Waals surface area contributed by atoms with Gasteiger partial charge in [0.1, 0.15) is 11.8 Å². The van der Waals surface area contributed by atoms with Crippen LogP contribution in [0.1, 0.15) is 24.0 Å². The summed E-state index contributed by atoms with van der Waals surface area (Å²) in [4.78, 5) is 22.8. The molecule has 0 aliphatic carbocycles. The maximum atomic E-state index is 11.7. The molecule has 0 aliphatic heterocycles. The lowest BCUT2D eigenvalue weighted by Gasteiger charge is -2.14. The molecule has 1 aromatic carbocycles. The first-order valence-electron chi connectivity index (χ1n) is 6.77. The SMILES string of the molecule is C=CCCC(NC(=O)COc1ccc(C)cc1C)C(=O)O. The highest BCUT2D eigenvalue weighted by Gasteiger charge is 2.19. The summed E-state index contributed by atoms with van der Waals surface area (Å²) in [5, 5.41) is 11.5. The molecule has 0 radical (unpaired) electrons. The van der Waals surface area contributed by atoms with Gasteiger partial charge >= 0.3 is 5.97 Å². The third-order valence-electron chi connectivity index (χ3n) is 2.98. The Kier molecular flexibility index (Phi) is 6.46. The van der Waals surface area contributed by atoms with E-state index in [0.717, 1.165) is 11.1 Å². The highest BCUT2D eigenvalue weighted by molar-refractivity contribution is 5.84. The number of rotatable bonds is 8. The fraction of sp³-hybridized carbons (Fsp3) is 0.375. The van der Waals surface area contributed by atoms with Crippen molar-refractivity contribution in [2.75, 3.05) is 6.61 Å². The lowest BCUT2D eigenvalue weighted by molar-refractivity contribution is -0.142. The van der Waals surface area contributed by atoms with Crippen molar-refractivity contribution >= 4 is 11.9 Å². The largest absolute Gasteiger partial charge is 0.484 e. The Hall–Kier alpha value is -2.30. The van der Waals surface area contributed by atoms with Crippen LogP contribution in [0.2, 0.25) is 0 Å². The Labute approximate surface area is 124 Å². The summed E-state index contributed by atoms with van der Waals surface area (Å²) in [6, 6.07) is 4.73. The van der Waals surface area contributed by atoms with Crippen molar-refractivity contribution in [3.8, 4) is 5.75 Å². The van der Waals surface area contributed by atoms with E-state index in [2.05, 4.69) is 11.9 Å². The smallest absolute Gasteiger partial charge is 0.326 e. The molecular weight excluding hydrogens is 270 g/mol. The van der Waals surface area contributed by atoms with E-state index < -0.39 is 17.9 Å². The summed E-state index contributed by atoms with van der Waals surface area (Å²) >= 11 is 0. The topological polar surface area (TPSA) is 75.6 Å². The van der Waals surface area contributed by atoms with E-state index in [-0.39, 0.29) is 6.61 Å². The van der Waals surface area contributed by atoms with Crippen LogP contribution in [0.5, 0.6) is 5.75 Å². The van der Waals surface area contributed by atoms with Crippen molar-refractivity contribution in [3.63, 3.8) is 0 Å². The first kappa shape index (κ1) is 16.8. The predicted molar refractivity (Wildman–Crippen MR) is 80.4 cm³/mol. The second-order valence-electron chi connectivity index (χ2n) is 4.88. The molecule has 0 bridgehead atoms. The second-order valence-corrected chi connectivity index (χ2v) is 4.88. The number of hydrogen-bond donors (Lipinski definition) is 2. The third-order valence-corrected chi connectivity index (χ3v) is 2.98. The van der Waals surface area contributed by atoms with Crippen molar-refractivity contribution in [2.24, 2.45) is 0 Å². The van der Waals surface area contributed by atoms with Gasteiger partial charge in [0.2, 0.25) is 0 Å². The molecule has 1 amide bonds. The highest BCUT2D eigenvalue weighted by Crippen LogP contribution is 2.18. The molecule has 1 unspecified atom stereocenters. The minimum Gasteiger partial charge on any atom is -0.484 e. The molecule has 0 fully saturated rings. The van der Waals surface area contributed by atoms with Crippen molar-refractivity contribution in [1.29, 1.82) is 0 Å². The Morgan fingerprint density at radius 2 is 2.14 bits per heavy atom. The molecule has 114 valence electrons. The first-order chi connectivity index (χ1) is 9.93. The molecule has 0 heterocycles. The van der Waals surface area contributed by atoms with Gasteiger partial charge in [-0.05, 0) is 38.3 Å². The summed E-state index contributed by atoms with van der Waals surface area (Å²) < 4.78 is 5.41. The van der Waals surface area contributed by atoms with E-state index in [9.17, 15) is 9.59 Å². The standard InChI is InChI=1S/C16H21NO4/c1-4-5-6-13(16(19)20)17-15(18)10-21-14-8-7-11(2)9-12(14)3/h4,7-9,13H,1,5-6,10H2,2-3H3,(H,17,18)(H,19,20). The molecule has 21 heavy (non-hydrogen) atoms. The van der Waals surface area contributed by atoms with Crippen molar-refractivity contribution < 1.29 is 19.4 Å². The van der Waals surface area contributed by atoms with Crippen LogP contribution in [0.3, 0.4) is 0 Å². The van der Waals surface area contributed by atoms with Gasteiger partial charge in [-0.2, -0.15) is 0 Å². The van der Waals surface area contributed by atoms with Gasteiger partial charge in [0, 0.05) is 0 Å². The number of carbonyl (C=O) groups excluding carboxylic acids is 1. The minimum absolute atomic E-state index is 0.207. The van der Waals surface area contributed by atoms with Crippen molar-refractivity contribution in [1.82, 2.24) is 5.32 Å². The summed E-state index contributed by atoms with van der Waals surface area (Å²) in [5.74, 6) is -0.892. The third kappa shape index (κ3) is 5.69. The van der Waals surface area contributed by atoms with Crippen LogP contribution in [0.4, 0.5) is 0 Å². The van der Waals surface area contributed by atoms with Gasteiger partial charge in [0.25, 0.3) is 5.91 Å². The van der Waals surface area contributed by atoms with Gasteiger partial charge in [-0.15, -0.1) is 6.58 Å². The number of benzene rings is 1. The zero-order chi connectivity index (χ0) is 15.8. The van der Waals surface area contributed by atoms with Crippen LogP contribution in [0.15, 0.2) is 30.9 Å². The zero-order valence-electron chi connectivity index (χ0n) is 12.4. The average molecular weight is 291 g/mol. The number of carbonyl (C=O) groups is 2. The molecular formula is C16H21NO4. The number of nitrogens with one attached hydrogen (secondary N) is 1. The van der Waals surface area contributed by atoms with Gasteiger partial charge < -0.3 is 15.2 Å². The van der Waals surface area contributed by atoms with Gasteiger partial charge in [-0.1, -0.05) is 23.8 Å². The molecule has 0 spiro atoms. The van der Waals surface area contributed by atoms with Gasteiger partial charge in [0.15, 0.2) is 6.61 Å². The van der Waals surface area contributed by atoms with E-state index in [1.165, 1.54) is 0 Å². The van der Waals surface area contributed by atoms with Gasteiger partial charge in [-0.3, -0.25) is 4.79 Å². The molecule has 0 aromatic heterocycles. The Morgan fingerprint density at radius 3 is 2.71 bits per heavy atom. The number of ether oxygens (including phenoxy) is 1. The van der Waals surface area contributed by atoms with E-state index in [1.54, 1.807) is 12.1 Å². The molecule has 1 atom stereocenters. The molecule has 0 saturated heterocycles. The van der Waals surface area contributed by atoms with Crippen molar-refractivity contribution in [2.45, 2.75) is 32.7 Å². The summed E-state index contributed by atoms with van der Waals surface area (Å²) in [6.07, 6.45) is 2.46. The fourth-order valence-corrected chi connectivity index (χ4v) is 1.88. The second kappa shape index (κ2) is 8.09. The number of amides is 1. The van der Waals surface area contributed by atoms with Crippen LogP contribution >= 0.6 is 0 Å². The number of aryl methyl sites for hydroxylation is 2. The first-order valence-corrected chi connectivity index (χ1v) is 6.77. The van der Waals surface area contributed by atoms with Crippen LogP contribution in [0.25, 0.3) is 0 Å². The molecule has 1 rings (SSSR count). The number of allylic oxidation sites excluding steroid dienone is 1. The molecule has 1 aromatic rings. The quantitative estimate of drug-likeness (QED) is 0.720. The molecule has 5 heteroatoms. The number of hydrogen-bond acceptors (Lipinski definition) is 3. The van der Waals surface area contributed by atoms with E-state index in [1.807, 2.05) is 26.0 Å². The lowest BCUT2D eigenvalue weighted by Crippen LogP contribution is -2.42. The van der Waals surface area contributed by atoms with Crippen molar-refractivity contribution in [3.05, 3.63) is 42.0 Å². The minimum atomic E-state index is -1.06. The van der Waals surface area contributed by atoms with E-state index >= 15 is 0 Å². The van der Waals surface area contributed by atoms with Crippen LogP contribution in [0, 0.1) is 13.8 Å². The Morgan fingerprint density at radius 1 is 1.43 bits per heavy atom. The predicted octanol–water partition coefficient (Wildman–Crippen LogP) is 2.22. The molecule has 0 saturated carbocycles. The number of carboxylic acid groups (broad SMARTS) is 1. The van der Waals surface area contributed by atoms with Crippen LogP contribution in [-0.2, 0) is 9.59 Å². The average Bonchev–Trinajstić information content (AvgIpc) is 2.42. The summed E-state index contributed by atoms with van der Waals surface area (Å²) in [7, 11) is 0. The van der Waals surface area contributed by atoms with Crippen LogP contribution < -0.4 is 10.1 Å². The zero-order valence-corrected chi connectivity index (χ0v) is 12.4. The maximum absolute atomic E-state index is 11.7. The van der Waals surface area contributed by atoms with Gasteiger partial charge in [-0.25, -0.2) is 4.79 Å². The number of aliphatic carboxylic acids is 1.